The van der Waals surface area contributed by atoms with Crippen molar-refractivity contribution in [2.45, 2.75) is 72.6 Å². The monoisotopic (exact) mass is 352 g/mol. The number of unbranched alkanes of at least 4 members (excludes halogenated alkanes) is 1. The van der Waals surface area contributed by atoms with Gasteiger partial charge in [-0.3, -0.25) is 4.79 Å². The summed E-state index contributed by atoms with van der Waals surface area (Å²) in [6, 6.07) is 2.13. The van der Waals surface area contributed by atoms with Crippen LogP contribution in [0.5, 0.6) is 5.75 Å². The van der Waals surface area contributed by atoms with Crippen LogP contribution in [0.15, 0.2) is 35.9 Å². The van der Waals surface area contributed by atoms with Gasteiger partial charge in [-0.25, -0.2) is 0 Å². The summed E-state index contributed by atoms with van der Waals surface area (Å²) in [5.41, 5.74) is 6.01. The Labute approximate surface area is 158 Å². The van der Waals surface area contributed by atoms with Gasteiger partial charge in [0.05, 0.1) is 0 Å². The second kappa shape index (κ2) is 9.02. The number of rotatable bonds is 7. The second-order valence-corrected chi connectivity index (χ2v) is 7.38. The molecule has 0 radical (unpaired) electrons. The number of hydrogen-bond acceptors (Lipinski definition) is 2. The first-order valence-corrected chi connectivity index (χ1v) is 9.87. The summed E-state index contributed by atoms with van der Waals surface area (Å²) in [5, 5.41) is 10.7. The van der Waals surface area contributed by atoms with Gasteiger partial charge in [0, 0.05) is 5.57 Å². The number of benzene rings is 1. The molecule has 1 N–H and O–H groups in total. The number of aromatic hydroxyl groups is 1. The van der Waals surface area contributed by atoms with Crippen molar-refractivity contribution in [3.63, 3.8) is 0 Å². The third-order valence-electron chi connectivity index (χ3n) is 5.45. The normalized spacial score (nSPS) is 16.9. The first-order chi connectivity index (χ1) is 12.4. The van der Waals surface area contributed by atoms with Crippen molar-refractivity contribution < 1.29 is 9.90 Å². The smallest absolute Gasteiger partial charge is 0.186 e. The summed E-state index contributed by atoms with van der Waals surface area (Å²) in [5.74, 6) is 0.793. The summed E-state index contributed by atoms with van der Waals surface area (Å²) >= 11 is 0. The number of carbonyl (C=O) groups is 1. The van der Waals surface area contributed by atoms with Crippen LogP contribution < -0.4 is 0 Å². The van der Waals surface area contributed by atoms with Crippen molar-refractivity contribution in [2.75, 3.05) is 0 Å². The summed E-state index contributed by atoms with van der Waals surface area (Å²) in [7, 11) is 0. The lowest BCUT2D eigenvalue weighted by atomic mass is 9.83. The topological polar surface area (TPSA) is 37.3 Å². The van der Waals surface area contributed by atoms with Gasteiger partial charge in [0.25, 0.3) is 0 Å². The first-order valence-electron chi connectivity index (χ1n) is 9.87. The van der Waals surface area contributed by atoms with E-state index in [9.17, 15) is 9.90 Å². The standard InChI is InChI=1S/C24H32O2/c1-6-8-12-16(3)21-15-22(17(4)18(5)24(21)26)19(11-7-2)20-13-9-10-14-23(20)25/h9-10,13-16,26H,6-8,11-12H2,1-5H3. The van der Waals surface area contributed by atoms with Gasteiger partial charge in [-0.1, -0.05) is 58.3 Å². The number of allylic oxidation sites excluding steroid dienone is 6. The highest BCUT2D eigenvalue weighted by Gasteiger charge is 2.21. The van der Waals surface area contributed by atoms with Crippen LogP contribution in [0.3, 0.4) is 0 Å². The number of hydrogen-bond donors (Lipinski definition) is 1. The number of phenolic OH excluding ortho intramolecular Hbond substituents is 1. The summed E-state index contributed by atoms with van der Waals surface area (Å²) in [4.78, 5) is 12.5. The highest BCUT2D eigenvalue weighted by Crippen LogP contribution is 2.39. The van der Waals surface area contributed by atoms with E-state index in [1.54, 1.807) is 12.2 Å². The average Bonchev–Trinajstić information content (AvgIpc) is 2.63. The predicted octanol–water partition coefficient (Wildman–Crippen LogP) is 6.55. The maximum Gasteiger partial charge on any atom is 0.186 e. The Kier molecular flexibility index (Phi) is 7.02. The van der Waals surface area contributed by atoms with Crippen molar-refractivity contribution in [1.82, 2.24) is 0 Å². The van der Waals surface area contributed by atoms with E-state index >= 15 is 0 Å². The lowest BCUT2D eigenvalue weighted by Gasteiger charge is -2.22. The Morgan fingerprint density at radius 3 is 2.38 bits per heavy atom. The van der Waals surface area contributed by atoms with Crippen LogP contribution in [-0.2, 0) is 4.79 Å². The minimum absolute atomic E-state index is 0.0710. The van der Waals surface area contributed by atoms with E-state index in [1.807, 2.05) is 26.0 Å². The SMILES string of the molecule is CCCCC(C)c1cc(C(CCC)=C2C=CC=CC2=O)c(C)c(C)c1O. The first kappa shape index (κ1) is 20.2. The van der Waals surface area contributed by atoms with Crippen molar-refractivity contribution in [2.24, 2.45) is 0 Å². The molecule has 1 unspecified atom stereocenters. The van der Waals surface area contributed by atoms with Crippen LogP contribution in [0.25, 0.3) is 5.57 Å². The minimum Gasteiger partial charge on any atom is -0.507 e. The molecule has 2 nitrogen and oxygen atoms in total. The maximum absolute atomic E-state index is 12.5. The van der Waals surface area contributed by atoms with Crippen LogP contribution in [0, 0.1) is 13.8 Å². The maximum atomic E-state index is 12.5. The fourth-order valence-electron chi connectivity index (χ4n) is 3.66. The molecule has 1 aromatic rings. The molecule has 0 fully saturated rings. The van der Waals surface area contributed by atoms with E-state index in [4.69, 9.17) is 0 Å². The Hall–Kier alpha value is -2.09. The molecule has 0 bridgehead atoms. The third-order valence-corrected chi connectivity index (χ3v) is 5.45. The van der Waals surface area contributed by atoms with Crippen LogP contribution in [0.2, 0.25) is 0 Å². The molecular formula is C24H32O2. The summed E-state index contributed by atoms with van der Waals surface area (Å²) in [6.07, 6.45) is 12.5. The Morgan fingerprint density at radius 1 is 1.08 bits per heavy atom. The van der Waals surface area contributed by atoms with E-state index in [0.29, 0.717) is 11.7 Å². The average molecular weight is 353 g/mol. The molecular weight excluding hydrogens is 320 g/mol. The number of phenols is 1. The zero-order valence-electron chi connectivity index (χ0n) is 16.9. The molecule has 0 heterocycles. The molecule has 2 rings (SSSR count). The van der Waals surface area contributed by atoms with Gasteiger partial charge < -0.3 is 5.11 Å². The molecule has 1 atom stereocenters. The van der Waals surface area contributed by atoms with Crippen LogP contribution in [0.4, 0.5) is 0 Å². The van der Waals surface area contributed by atoms with Crippen molar-refractivity contribution >= 4 is 11.4 Å². The molecule has 2 heteroatoms. The van der Waals surface area contributed by atoms with Gasteiger partial charge in [0.1, 0.15) is 5.75 Å². The highest BCUT2D eigenvalue weighted by atomic mass is 16.3. The van der Waals surface area contributed by atoms with Gasteiger partial charge in [-0.2, -0.15) is 0 Å². The molecule has 1 aliphatic carbocycles. The fourth-order valence-corrected chi connectivity index (χ4v) is 3.66. The van der Waals surface area contributed by atoms with Gasteiger partial charge in [-0.15, -0.1) is 0 Å². The van der Waals surface area contributed by atoms with Crippen molar-refractivity contribution in [1.29, 1.82) is 0 Å². The number of ketones is 1. The van der Waals surface area contributed by atoms with E-state index in [0.717, 1.165) is 65.5 Å². The Balaban J connectivity index is 2.64. The molecule has 1 aliphatic rings. The zero-order valence-corrected chi connectivity index (χ0v) is 16.9. The molecule has 0 aromatic heterocycles. The quantitative estimate of drug-likeness (QED) is 0.565. The van der Waals surface area contributed by atoms with E-state index in [1.165, 1.54) is 0 Å². The van der Waals surface area contributed by atoms with E-state index < -0.39 is 0 Å². The van der Waals surface area contributed by atoms with Crippen LogP contribution in [0.1, 0.15) is 81.0 Å². The third kappa shape index (κ3) is 4.17. The Morgan fingerprint density at radius 2 is 1.77 bits per heavy atom. The summed E-state index contributed by atoms with van der Waals surface area (Å²) < 4.78 is 0. The van der Waals surface area contributed by atoms with Gasteiger partial charge in [0.15, 0.2) is 5.78 Å². The van der Waals surface area contributed by atoms with Crippen LogP contribution >= 0.6 is 0 Å². The predicted molar refractivity (Wildman–Crippen MR) is 111 cm³/mol. The molecule has 0 spiro atoms. The molecule has 0 saturated carbocycles. The lowest BCUT2D eigenvalue weighted by molar-refractivity contribution is -0.111. The van der Waals surface area contributed by atoms with Gasteiger partial charge >= 0.3 is 0 Å². The highest BCUT2D eigenvalue weighted by molar-refractivity contribution is 6.12. The fraction of sp³-hybridized carbons (Fsp3) is 0.458. The van der Waals surface area contributed by atoms with Crippen molar-refractivity contribution in [3.05, 3.63) is 58.2 Å². The molecule has 1 aromatic carbocycles. The Bertz CT molecular complexity index is 763. The summed E-state index contributed by atoms with van der Waals surface area (Å²) in [6.45, 7) is 10.5. The number of carbonyl (C=O) groups excluding carboxylic acids is 1. The van der Waals surface area contributed by atoms with Crippen molar-refractivity contribution in [3.8, 4) is 5.75 Å². The molecule has 0 aliphatic heterocycles. The van der Waals surface area contributed by atoms with E-state index in [-0.39, 0.29) is 5.78 Å². The lowest BCUT2D eigenvalue weighted by Crippen LogP contribution is -2.06. The zero-order chi connectivity index (χ0) is 19.3. The molecule has 140 valence electrons. The van der Waals surface area contributed by atoms with E-state index in [2.05, 4.69) is 26.8 Å². The van der Waals surface area contributed by atoms with Gasteiger partial charge in [-0.05, 0) is 72.6 Å². The molecule has 26 heavy (non-hydrogen) atoms. The second-order valence-electron chi connectivity index (χ2n) is 7.38. The molecule has 0 amide bonds. The van der Waals surface area contributed by atoms with Crippen LogP contribution in [-0.4, -0.2) is 10.9 Å². The van der Waals surface area contributed by atoms with Gasteiger partial charge in [0.2, 0.25) is 0 Å². The minimum atomic E-state index is 0.0710. The largest absolute Gasteiger partial charge is 0.507 e. The molecule has 0 saturated heterocycles.